The van der Waals surface area contributed by atoms with Crippen LogP contribution in [-0.2, 0) is 66.3 Å². The lowest BCUT2D eigenvalue weighted by Crippen LogP contribution is -2.68. The molecule has 21 rings (SSSR count). The van der Waals surface area contributed by atoms with E-state index in [9.17, 15) is 107 Å². The van der Waals surface area contributed by atoms with Gasteiger partial charge in [0.15, 0.2) is 44.0 Å². The molecule has 0 aliphatic carbocycles. The molecular formula is C42H70O35. The topological polar surface area (TPSA) is 554 Å². The molecule has 35 nitrogen and oxygen atoms in total. The van der Waals surface area contributed by atoms with Crippen LogP contribution >= 0.6 is 0 Å². The number of rotatable bonds is 7. The van der Waals surface area contributed by atoms with Gasteiger partial charge in [-0.1, -0.05) is 0 Å². The Morgan fingerprint density at radius 2 is 0.260 bits per heavy atom. The fourth-order valence-electron chi connectivity index (χ4n) is 10.4. The molecule has 21 aliphatic heterocycles. The van der Waals surface area contributed by atoms with Crippen molar-refractivity contribution in [3.63, 3.8) is 0 Å². The maximum Gasteiger partial charge on any atom is 0.187 e. The summed E-state index contributed by atoms with van der Waals surface area (Å²) in [5.74, 6) is 0. The van der Waals surface area contributed by atoms with Gasteiger partial charge in [0.2, 0.25) is 0 Å². The number of aliphatic hydroxyl groups excluding tert-OH is 21. The van der Waals surface area contributed by atoms with Crippen molar-refractivity contribution in [1.29, 1.82) is 0 Å². The Hall–Kier alpha value is -1.40. The fourth-order valence-corrected chi connectivity index (χ4v) is 10.4. The van der Waals surface area contributed by atoms with E-state index in [1.165, 1.54) is 0 Å². The molecule has 448 valence electrons. The molecular weight excluding hydrogens is 1060 g/mol. The van der Waals surface area contributed by atoms with Gasteiger partial charge in [0, 0.05) is 0 Å². The molecule has 21 N–H and O–H groups in total. The van der Waals surface area contributed by atoms with E-state index in [0.29, 0.717) is 0 Å². The van der Waals surface area contributed by atoms with E-state index in [2.05, 4.69) is 0 Å². The Bertz CT molecular complexity index is 1470. The normalized spacial score (nSPS) is 55.4. The quantitative estimate of drug-likeness (QED) is 0.113. The molecule has 0 aromatic heterocycles. The number of aliphatic hydroxyl groups is 21. The first kappa shape index (κ1) is 61.7. The largest absolute Gasteiger partial charge is 0.394 e. The summed E-state index contributed by atoms with van der Waals surface area (Å²) < 4.78 is 79.5. The predicted molar refractivity (Wildman–Crippen MR) is 228 cm³/mol. The number of hydrogen-bond donors (Lipinski definition) is 21. The van der Waals surface area contributed by atoms with Gasteiger partial charge in [-0.15, -0.1) is 0 Å². The van der Waals surface area contributed by atoms with E-state index in [1.807, 2.05) is 0 Å². The minimum atomic E-state index is -2.21. The zero-order valence-electron chi connectivity index (χ0n) is 40.3. The molecule has 0 aromatic rings. The zero-order chi connectivity index (χ0) is 56.1. The summed E-state index contributed by atoms with van der Waals surface area (Å²) in [6, 6.07) is 0. The minimum Gasteiger partial charge on any atom is -0.394 e. The van der Waals surface area contributed by atoms with E-state index in [-0.39, 0.29) is 0 Å². The van der Waals surface area contributed by atoms with Crippen LogP contribution in [0.2, 0.25) is 0 Å². The van der Waals surface area contributed by atoms with Gasteiger partial charge in [-0.05, 0) is 0 Å². The van der Waals surface area contributed by atoms with Crippen LogP contribution in [0.5, 0.6) is 0 Å². The second-order valence-corrected chi connectivity index (χ2v) is 19.7. The maximum atomic E-state index is 11.3. The van der Waals surface area contributed by atoms with Crippen LogP contribution in [0, 0.1) is 0 Å². The van der Waals surface area contributed by atoms with Crippen LogP contribution < -0.4 is 0 Å². The van der Waals surface area contributed by atoms with Crippen LogP contribution in [0.3, 0.4) is 0 Å². The summed E-state index contributed by atoms with van der Waals surface area (Å²) in [6.45, 7) is -7.33. The van der Waals surface area contributed by atoms with Crippen molar-refractivity contribution in [3.05, 3.63) is 0 Å². The zero-order valence-corrected chi connectivity index (χ0v) is 40.3. The molecule has 21 heterocycles. The molecule has 0 saturated carbocycles. The summed E-state index contributed by atoms with van der Waals surface area (Å²) in [5, 5.41) is 230. The molecule has 0 radical (unpaired) electrons. The third kappa shape index (κ3) is 12.1. The molecule has 21 aliphatic rings. The van der Waals surface area contributed by atoms with Crippen LogP contribution in [0.4, 0.5) is 0 Å². The Morgan fingerprint density at radius 1 is 0.156 bits per heavy atom. The second-order valence-electron chi connectivity index (χ2n) is 19.7. The minimum absolute atomic E-state index is 1.05. The molecule has 0 aromatic carbocycles. The summed E-state index contributed by atoms with van der Waals surface area (Å²) in [7, 11) is 0. The van der Waals surface area contributed by atoms with Crippen LogP contribution in [0.1, 0.15) is 0 Å². The van der Waals surface area contributed by atoms with Gasteiger partial charge in [-0.25, -0.2) is 0 Å². The lowest BCUT2D eigenvalue weighted by molar-refractivity contribution is -0.396. The van der Waals surface area contributed by atoms with Gasteiger partial charge in [0.1, 0.15) is 171 Å². The van der Waals surface area contributed by atoms with Gasteiger partial charge >= 0.3 is 0 Å². The Balaban J connectivity index is 1.08. The van der Waals surface area contributed by atoms with E-state index in [1.54, 1.807) is 0 Å². The van der Waals surface area contributed by atoms with E-state index in [4.69, 9.17) is 66.3 Å². The van der Waals surface area contributed by atoms with Crippen molar-refractivity contribution in [1.82, 2.24) is 0 Å². The summed E-state index contributed by atoms with van der Waals surface area (Å²) in [5.41, 5.74) is 0. The molecule has 1 unspecified atom stereocenters. The highest BCUT2D eigenvalue weighted by atomic mass is 16.8. The van der Waals surface area contributed by atoms with Gasteiger partial charge in [-0.2, -0.15) is 0 Å². The first-order chi connectivity index (χ1) is 36.7. The molecule has 21 fully saturated rings. The average molecular weight is 1130 g/mol. The van der Waals surface area contributed by atoms with E-state index in [0.717, 1.165) is 0 Å². The van der Waals surface area contributed by atoms with Crippen molar-refractivity contribution in [2.45, 2.75) is 215 Å². The van der Waals surface area contributed by atoms with Crippen LogP contribution in [0.15, 0.2) is 0 Å². The van der Waals surface area contributed by atoms with E-state index >= 15 is 0 Å². The smallest absolute Gasteiger partial charge is 0.187 e. The second kappa shape index (κ2) is 26.0. The molecule has 35 atom stereocenters. The highest BCUT2D eigenvalue weighted by molar-refractivity contribution is 5.01. The lowest BCUT2D eigenvalue weighted by atomic mass is 9.95. The monoisotopic (exact) mass is 1130 g/mol. The maximum absolute atomic E-state index is 11.3. The molecule has 0 spiro atoms. The SMILES string of the molecule is OC[C@@H]1O[C@@H]2O[C@H]3[C@H](O)[C@@H](O)[C@@H](O[C@H]4[C@@H](O)[C@H](O)[C@@H](O[C@H]5[C@@H](O)[C@H](O)[C@@H](O[C@H]6[C@H](O)[C@@H](O)[C@H](O[C@@H]6CO)O[C@H]6C(O)[C@@H](O)[C@@H](O[C@H]7[C@H](O)[C@@H](O)[C@@H](O[C@H]1[C@H](O)[C@H]2O)O[C@@H]7CO)O[C@@H]6CO)O[C@@H]5CO)O[C@@H]4CO)O[C@@H]3CO. The van der Waals surface area contributed by atoms with Gasteiger partial charge in [0.25, 0.3) is 0 Å². The average Bonchev–Trinajstić information content (AvgIpc) is 3.42. The number of hydrogen-bond acceptors (Lipinski definition) is 35. The van der Waals surface area contributed by atoms with Crippen molar-refractivity contribution in [2.24, 2.45) is 0 Å². The van der Waals surface area contributed by atoms with Crippen LogP contribution in [-0.4, -0.2) is 368 Å². The molecule has 14 bridgehead atoms. The van der Waals surface area contributed by atoms with Crippen LogP contribution in [0.25, 0.3) is 0 Å². The molecule has 77 heavy (non-hydrogen) atoms. The third-order valence-corrected chi connectivity index (χ3v) is 14.8. The van der Waals surface area contributed by atoms with Gasteiger partial charge in [0.05, 0.1) is 46.2 Å². The third-order valence-electron chi connectivity index (χ3n) is 14.8. The summed E-state index contributed by atoms with van der Waals surface area (Å²) in [6.07, 6.45) is -70.2. The fraction of sp³-hybridized carbons (Fsp3) is 1.00. The standard InChI is InChI=1S/C42H70O35/c43-1-8-29-15(50)22(57)36(64-8)72-30-9(2-44)66-38(24(59)17(30)52)74-32-11(4-46)68-40(26(61)19(32)54)76-34-13(6-48)70-42(28(63)21(34)56)77-35-14(7-49)69-41(27(62)20(35)55)75-33-12(5-47)67-39(25(60)18(33)53)73-31-10(3-45)65-37(71-29)23(58)16(31)51/h8-63H,1-7H2/t8-,9-,10-,11-,12-,13-,14+,15+,16+,17-,18-,19?,20-,21-,22+,23+,24-,25-,26-,27-,28-,29-,30-,31-,32-,33-,34-,35-,36-,37-,38-,39-,40-,41-,42-/m1/s1. The number of ether oxygens (including phenoxy) is 14. The van der Waals surface area contributed by atoms with Crippen molar-refractivity contribution >= 4 is 0 Å². The first-order valence-corrected chi connectivity index (χ1v) is 24.6. The highest BCUT2D eigenvalue weighted by Gasteiger charge is 2.59. The first-order valence-electron chi connectivity index (χ1n) is 24.6. The lowest BCUT2D eigenvalue weighted by Gasteiger charge is -2.50. The molecule has 21 saturated heterocycles. The Morgan fingerprint density at radius 3 is 0.351 bits per heavy atom. The highest BCUT2D eigenvalue weighted by Crippen LogP contribution is 2.39. The Labute approximate surface area is 434 Å². The van der Waals surface area contributed by atoms with Gasteiger partial charge in [-0.3, -0.25) is 0 Å². The summed E-state index contributed by atoms with van der Waals surface area (Å²) in [4.78, 5) is 0. The Kier molecular flexibility index (Phi) is 20.8. The van der Waals surface area contributed by atoms with E-state index < -0.39 is 261 Å². The van der Waals surface area contributed by atoms with Crippen molar-refractivity contribution < 1.29 is 174 Å². The molecule has 0 amide bonds. The van der Waals surface area contributed by atoms with Crippen molar-refractivity contribution in [2.75, 3.05) is 46.2 Å². The van der Waals surface area contributed by atoms with Gasteiger partial charge < -0.3 is 174 Å². The summed E-state index contributed by atoms with van der Waals surface area (Å²) >= 11 is 0. The molecule has 35 heteroatoms. The van der Waals surface area contributed by atoms with Crippen molar-refractivity contribution in [3.8, 4) is 0 Å². The predicted octanol–water partition coefficient (Wildman–Crippen LogP) is -15.2.